The van der Waals surface area contributed by atoms with Crippen LogP contribution in [0.15, 0.2) is 94.7 Å². The van der Waals surface area contributed by atoms with Crippen molar-refractivity contribution in [1.29, 1.82) is 0 Å². The molecule has 34 nitrogen and oxygen atoms in total. The number of esters is 1. The van der Waals surface area contributed by atoms with Crippen molar-refractivity contribution in [2.75, 3.05) is 151 Å². The fraction of sp³-hybridized carbons (Fsp3) is 0.648. The number of benzene rings is 2. The summed E-state index contributed by atoms with van der Waals surface area (Å²) in [5, 5.41) is 43.7. The molecule has 1 aliphatic carbocycles. The van der Waals surface area contributed by atoms with E-state index in [1.807, 2.05) is 72.9 Å². The molecule has 3 aromatic heterocycles. The first kappa shape index (κ1) is 98.6. The summed E-state index contributed by atoms with van der Waals surface area (Å²) in [5.41, 5.74) is 27.1. The number of allylic oxidation sites excluding steroid dienone is 5. The average molecular weight is 1750 g/mol. The predicted octanol–water partition coefficient (Wildman–Crippen LogP) is 8.04. The van der Waals surface area contributed by atoms with Crippen molar-refractivity contribution in [2.24, 2.45) is 35.3 Å². The molecule has 10 rings (SSSR count). The molecule has 690 valence electrons. The molecule has 0 radical (unpaired) electrons. The molecule has 4 aliphatic heterocycles. The second-order valence-corrected chi connectivity index (χ2v) is 33.5. The van der Waals surface area contributed by atoms with Crippen molar-refractivity contribution in [3.8, 4) is 11.3 Å². The zero-order valence-electron chi connectivity index (χ0n) is 73.9. The highest BCUT2D eigenvalue weighted by Gasteiger charge is 2.53. The van der Waals surface area contributed by atoms with E-state index >= 15 is 0 Å². The van der Waals surface area contributed by atoms with E-state index in [9.17, 15) is 44.1 Å². The monoisotopic (exact) mass is 1750 g/mol. The fourth-order valence-electron chi connectivity index (χ4n) is 16.7. The number of nitrogen functional groups attached to an aromatic ring is 2. The van der Waals surface area contributed by atoms with Gasteiger partial charge in [0.15, 0.2) is 11.2 Å². The molecule has 5 aliphatic rings. The van der Waals surface area contributed by atoms with Gasteiger partial charge in [-0.05, 0) is 142 Å². The number of aromatic nitrogens is 5. The second-order valence-electron chi connectivity index (χ2n) is 33.5. The molecule has 0 spiro atoms. The zero-order chi connectivity index (χ0) is 89.4. The van der Waals surface area contributed by atoms with Gasteiger partial charge in [-0.25, -0.2) is 24.2 Å². The minimum Gasteiger partial charge on any atom is -0.459 e. The Bertz CT molecular complexity index is 4400. The molecule has 3 amide bonds. The number of carbonyl (C=O) groups excluding carboxylic acids is 6. The van der Waals surface area contributed by atoms with Crippen molar-refractivity contribution in [3.63, 3.8) is 0 Å². The molecule has 15 atom stereocenters. The summed E-state index contributed by atoms with van der Waals surface area (Å²) in [4.78, 5) is 99.4. The van der Waals surface area contributed by atoms with Gasteiger partial charge >= 0.3 is 12.1 Å². The number of amides is 3. The number of fused-ring (bicyclic) bond motifs is 6. The standard InChI is InChI=1S/C91H133N11O23/c1-58-14-10-9-11-15-59(2)78(112-7)52-69-22-17-63(6)91(111,125-69)84(107)87(108)101-28-13-12-16-72(101)88(109)122-79(54-75(105)62(5)47-61(4)74(104)53-73(103)60(3)46-58)70(92)49-64-19-23-77(80(50-64)113-8)124-90(110)95-27-31-115-33-35-117-37-39-119-41-43-121-45-44-120-42-40-118-38-36-116-34-32-114-30-26-81(106)100-29-25-66-48-65(18-20-68(66)56-100)55-102-86-82(85(93)96-57-97-86)83(99-102)67-21-24-76-71(51-67)98-89(94)123-76/h9-11,14-15,18,20-21,24,47-48,51,57-58,60,62-64,69-70,72,74-75,77-80,104-105,111H,12-13,16-17,19,22-23,25-46,49-50,52-56,92H2,1-8H3,(H2,94,98)(H,95,110)(H2,93,96,97)/b11-9+,14-10+,59-15+,61-47+/t58-,60-,62-,63-,64+,69+,70-,72+,74+,75-,77-,78+,79+,80-,91-/m1/s1. The van der Waals surface area contributed by atoms with Gasteiger partial charge in [0.25, 0.3) is 17.7 Å². The Labute approximate surface area is 732 Å². The Morgan fingerprint density at radius 3 is 2.07 bits per heavy atom. The number of ether oxygens (including phenoxy) is 13. The van der Waals surface area contributed by atoms with Gasteiger partial charge in [-0.2, -0.15) is 10.1 Å². The number of nitrogens with zero attached hydrogens (tertiary/aromatic N) is 7. The number of rotatable bonds is 36. The maximum absolute atomic E-state index is 14.7. The van der Waals surface area contributed by atoms with Gasteiger partial charge in [-0.1, -0.05) is 82.4 Å². The number of cyclic esters (lactones) is 1. The zero-order valence-corrected chi connectivity index (χ0v) is 73.9. The Morgan fingerprint density at radius 2 is 1.39 bits per heavy atom. The van der Waals surface area contributed by atoms with E-state index < -0.39 is 96.2 Å². The molecule has 0 unspecified atom stereocenters. The van der Waals surface area contributed by atoms with Gasteiger partial charge in [0.05, 0.1) is 155 Å². The first-order valence-corrected chi connectivity index (χ1v) is 44.2. The third-order valence-corrected chi connectivity index (χ3v) is 24.1. The highest BCUT2D eigenvalue weighted by Crippen LogP contribution is 2.39. The smallest absolute Gasteiger partial charge is 0.407 e. The highest BCUT2D eigenvalue weighted by atomic mass is 16.6. The van der Waals surface area contributed by atoms with Gasteiger partial charge < -0.3 is 114 Å². The van der Waals surface area contributed by atoms with Crippen LogP contribution in [0.3, 0.4) is 0 Å². The topological polar surface area (TPSA) is 449 Å². The van der Waals surface area contributed by atoms with Crippen LogP contribution in [0.5, 0.6) is 0 Å². The Balaban J connectivity index is 0.544. The molecule has 2 bridgehead atoms. The summed E-state index contributed by atoms with van der Waals surface area (Å²) in [7, 11) is 3.11. The minimum atomic E-state index is -2.48. The molecule has 125 heavy (non-hydrogen) atoms. The van der Waals surface area contributed by atoms with E-state index in [0.29, 0.717) is 216 Å². The predicted molar refractivity (Wildman–Crippen MR) is 464 cm³/mol. The lowest BCUT2D eigenvalue weighted by Crippen LogP contribution is -2.61. The quantitative estimate of drug-likeness (QED) is 0.00862. The molecular weight excluding hydrogens is 1620 g/mol. The van der Waals surface area contributed by atoms with Crippen molar-refractivity contribution < 1.29 is 110 Å². The number of alkyl carbamates (subject to hydrolysis) is 1. The van der Waals surface area contributed by atoms with Crippen molar-refractivity contribution in [1.82, 2.24) is 39.8 Å². The summed E-state index contributed by atoms with van der Waals surface area (Å²) in [6, 6.07) is 9.84. The van der Waals surface area contributed by atoms with Gasteiger partial charge in [0.1, 0.15) is 47.4 Å². The molecule has 3 fully saturated rings. The first-order valence-electron chi connectivity index (χ1n) is 44.2. The van der Waals surface area contributed by atoms with Gasteiger partial charge in [-0.15, -0.1) is 0 Å². The number of nitrogens with one attached hydrogen (secondary N) is 1. The molecule has 2 aromatic carbocycles. The average Bonchev–Trinajstić information content (AvgIpc) is 1.70. The number of methoxy groups -OCH3 is 2. The third-order valence-electron chi connectivity index (χ3n) is 24.1. The Kier molecular flexibility index (Phi) is 39.7. The number of aliphatic hydroxyl groups excluding tert-OH is 2. The number of anilines is 2. The number of aliphatic hydroxyl groups is 3. The van der Waals surface area contributed by atoms with Gasteiger partial charge in [0.2, 0.25) is 11.7 Å². The molecule has 34 heteroatoms. The van der Waals surface area contributed by atoms with Crippen molar-refractivity contribution >= 4 is 69.4 Å². The maximum atomic E-state index is 14.7. The van der Waals surface area contributed by atoms with Crippen LogP contribution in [0.4, 0.5) is 16.6 Å². The number of hydrogen-bond donors (Lipinski definition) is 7. The third kappa shape index (κ3) is 29.5. The van der Waals surface area contributed by atoms with Crippen LogP contribution in [-0.4, -0.2) is 285 Å². The molecule has 10 N–H and O–H groups in total. The van der Waals surface area contributed by atoms with Crippen LogP contribution in [-0.2, 0) is 105 Å². The maximum Gasteiger partial charge on any atom is 0.407 e. The Hall–Kier alpha value is -8.56. The lowest BCUT2D eigenvalue weighted by molar-refractivity contribution is -0.265. The summed E-state index contributed by atoms with van der Waals surface area (Å²) in [6.07, 6.45) is 11.9. The molecule has 7 heterocycles. The molecule has 1 saturated carbocycles. The van der Waals surface area contributed by atoms with E-state index in [4.69, 9.17) is 88.3 Å². The number of hydrogen-bond acceptors (Lipinski definition) is 30. The van der Waals surface area contributed by atoms with Crippen LogP contribution >= 0.6 is 0 Å². The van der Waals surface area contributed by atoms with Gasteiger partial charge in [-0.3, -0.25) is 19.2 Å². The second kappa shape index (κ2) is 50.3. The summed E-state index contributed by atoms with van der Waals surface area (Å²) in [6.45, 7) is 18.5. The van der Waals surface area contributed by atoms with Crippen molar-refractivity contribution in [3.05, 3.63) is 107 Å². The molecular formula is C91H133N11O23. The van der Waals surface area contributed by atoms with Crippen LogP contribution in [0.25, 0.3) is 33.4 Å². The van der Waals surface area contributed by atoms with Crippen LogP contribution in [0.1, 0.15) is 148 Å². The first-order chi connectivity index (χ1) is 60.3. The SMILES string of the molecule is CO[C@H]1C[C@@H]2CC[C@@H](C)[C@@](O)(O2)C(=O)C(=O)N2CCCC[C@H]2C(=O)O[C@H]([C@H](N)C[C@@H]2CC[C@@H](OC(=O)NCCOCCOCCOCCOCCOCCOCCOCCOCCC(=O)N3CCc4cc(Cn5nc(-c6ccc7oc(N)nc7c6)c6c(N)ncnc65)ccc4C3)[C@H](OC)C2)C[C@@H](O)[C@H](C)/C=C(\C)[C@@H](O)CC(=O)[C@H](C)C[C@H](C)/C=C/C=C/C=C/1C. The summed E-state index contributed by atoms with van der Waals surface area (Å²) in [5.74, 6) is -7.03. The molecule has 2 saturated heterocycles. The number of piperidine rings is 1. The normalized spacial score (nSPS) is 27.2. The number of oxazole rings is 1. The van der Waals surface area contributed by atoms with Crippen LogP contribution in [0.2, 0.25) is 0 Å². The lowest BCUT2D eigenvalue weighted by Gasteiger charge is -2.42. The van der Waals surface area contributed by atoms with E-state index in [0.717, 1.165) is 33.6 Å². The highest BCUT2D eigenvalue weighted by molar-refractivity contribution is 6.39. The van der Waals surface area contributed by atoms with Crippen LogP contribution < -0.4 is 22.5 Å². The van der Waals surface area contributed by atoms with E-state index in [2.05, 4.69) is 38.5 Å². The van der Waals surface area contributed by atoms with Crippen molar-refractivity contribution in [2.45, 2.75) is 212 Å². The summed E-state index contributed by atoms with van der Waals surface area (Å²) < 4.78 is 82.5. The number of carbonyl (C=O) groups is 6. The van der Waals surface area contributed by atoms with E-state index in [1.165, 1.54) is 19.0 Å². The van der Waals surface area contributed by atoms with E-state index in [-0.39, 0.29) is 87.3 Å². The number of nitrogens with two attached hydrogens (primary N) is 3. The molecule has 5 aromatic rings. The van der Waals surface area contributed by atoms with Crippen LogP contribution in [0, 0.1) is 29.6 Å². The van der Waals surface area contributed by atoms with E-state index in [1.54, 1.807) is 40.0 Å². The Morgan fingerprint density at radius 1 is 0.712 bits per heavy atom. The van der Waals surface area contributed by atoms with Gasteiger partial charge in [0, 0.05) is 89.0 Å². The summed E-state index contributed by atoms with van der Waals surface area (Å²) >= 11 is 0. The number of ketones is 2. The number of Topliss-reactive ketones (excluding diaryl/α,β-unsaturated/α-hetero) is 2. The minimum absolute atomic E-state index is 0.0370. The lowest BCUT2D eigenvalue weighted by atomic mass is 9.80. The largest absolute Gasteiger partial charge is 0.459 e. The fourth-order valence-corrected chi connectivity index (χ4v) is 16.7.